The molecule has 65 heavy (non-hydrogen) atoms. The third-order valence-corrected chi connectivity index (χ3v) is 13.8. The molecule has 0 rings (SSSR count). The van der Waals surface area contributed by atoms with E-state index in [0.717, 1.165) is 38.5 Å². The van der Waals surface area contributed by atoms with Gasteiger partial charge in [0.1, 0.15) is 0 Å². The topological polar surface area (TPSA) is 95.9 Å². The van der Waals surface area contributed by atoms with Crippen LogP contribution in [0.15, 0.2) is 12.2 Å². The number of allylic oxidation sites excluding steroid dienone is 1. The first-order chi connectivity index (χ1) is 32.0. The molecule has 0 fully saturated rings. The second-order valence-corrected chi connectivity index (χ2v) is 20.3. The molecule has 0 aliphatic carbocycles. The summed E-state index contributed by atoms with van der Waals surface area (Å²) in [7, 11) is 0. The molecular weight excluding hydrogens is 803 g/mol. The minimum atomic E-state index is -0.845. The highest BCUT2D eigenvalue weighted by Gasteiger charge is 2.18. The second-order valence-electron chi connectivity index (χ2n) is 20.3. The van der Waals surface area contributed by atoms with E-state index >= 15 is 0 Å². The molecule has 0 aromatic rings. The summed E-state index contributed by atoms with van der Waals surface area (Å²) in [5.41, 5.74) is 0. The fraction of sp³-hybridized carbons (Fsp3) is 0.932. The van der Waals surface area contributed by atoms with Gasteiger partial charge in [0.05, 0.1) is 25.4 Å². The van der Waals surface area contributed by atoms with E-state index in [0.29, 0.717) is 19.4 Å². The minimum Gasteiger partial charge on any atom is -0.466 e. The Morgan fingerprint density at radius 1 is 0.415 bits per heavy atom. The molecule has 2 atom stereocenters. The van der Waals surface area contributed by atoms with Crippen LogP contribution >= 0.6 is 0 Å². The summed E-state index contributed by atoms with van der Waals surface area (Å²) < 4.78 is 5.49. The number of ether oxygens (including phenoxy) is 1. The van der Waals surface area contributed by atoms with E-state index in [1.807, 2.05) is 6.08 Å². The van der Waals surface area contributed by atoms with Gasteiger partial charge < -0.3 is 20.3 Å². The maximum Gasteiger partial charge on any atom is 0.305 e. The SMILES string of the molecule is CCCCCCCCCCCCCC/C=C/C(O)C(CO)NC(=O)CCCCCCCCCCCCCCCCCCCCCOC(=O)CCCCCCCCCCCCCCCCC. The highest BCUT2D eigenvalue weighted by atomic mass is 16.5. The van der Waals surface area contributed by atoms with Crippen LogP contribution in [0.2, 0.25) is 0 Å². The van der Waals surface area contributed by atoms with Crippen LogP contribution in [-0.2, 0) is 14.3 Å². The average Bonchev–Trinajstić information content (AvgIpc) is 3.31. The number of hydrogen-bond donors (Lipinski definition) is 3. The Labute approximate surface area is 406 Å². The summed E-state index contributed by atoms with van der Waals surface area (Å²) in [6.45, 7) is 4.92. The molecule has 2 unspecified atom stereocenters. The highest BCUT2D eigenvalue weighted by molar-refractivity contribution is 5.76. The molecule has 0 bridgehead atoms. The molecule has 0 saturated heterocycles. The van der Waals surface area contributed by atoms with Crippen molar-refractivity contribution >= 4 is 11.9 Å². The van der Waals surface area contributed by atoms with Crippen molar-refractivity contribution in [3.63, 3.8) is 0 Å². The van der Waals surface area contributed by atoms with Gasteiger partial charge in [0, 0.05) is 12.8 Å². The van der Waals surface area contributed by atoms with Crippen LogP contribution < -0.4 is 5.32 Å². The molecule has 0 spiro atoms. The number of esters is 1. The number of rotatable bonds is 55. The smallest absolute Gasteiger partial charge is 0.305 e. The van der Waals surface area contributed by atoms with E-state index in [-0.39, 0.29) is 18.5 Å². The zero-order chi connectivity index (χ0) is 47.2. The Kier molecular flexibility index (Phi) is 54.0. The number of unbranched alkanes of at least 4 members (excludes halogenated alkanes) is 44. The lowest BCUT2D eigenvalue weighted by molar-refractivity contribution is -0.143. The van der Waals surface area contributed by atoms with Gasteiger partial charge in [-0.25, -0.2) is 0 Å². The maximum absolute atomic E-state index is 12.4. The zero-order valence-corrected chi connectivity index (χ0v) is 44.0. The summed E-state index contributed by atoms with van der Waals surface area (Å²) in [6.07, 6.45) is 65.2. The monoisotopic (exact) mass is 918 g/mol. The van der Waals surface area contributed by atoms with Gasteiger partial charge in [0.25, 0.3) is 0 Å². The van der Waals surface area contributed by atoms with Crippen molar-refractivity contribution in [1.82, 2.24) is 5.32 Å². The van der Waals surface area contributed by atoms with Crippen molar-refractivity contribution < 1.29 is 24.5 Å². The van der Waals surface area contributed by atoms with Crippen LogP contribution in [0.3, 0.4) is 0 Å². The average molecular weight is 919 g/mol. The van der Waals surface area contributed by atoms with Crippen LogP contribution in [0.1, 0.15) is 328 Å². The van der Waals surface area contributed by atoms with Gasteiger partial charge in [-0.05, 0) is 32.1 Å². The first kappa shape index (κ1) is 63.6. The summed E-state index contributed by atoms with van der Waals surface area (Å²) >= 11 is 0. The number of amides is 1. The normalized spacial score (nSPS) is 12.6. The molecule has 0 aromatic carbocycles. The van der Waals surface area contributed by atoms with Gasteiger partial charge in [-0.2, -0.15) is 0 Å². The number of nitrogens with one attached hydrogen (secondary N) is 1. The van der Waals surface area contributed by atoms with Crippen LogP contribution in [-0.4, -0.2) is 47.4 Å². The van der Waals surface area contributed by atoms with Gasteiger partial charge in [-0.3, -0.25) is 9.59 Å². The van der Waals surface area contributed by atoms with Gasteiger partial charge in [0.15, 0.2) is 0 Å². The van der Waals surface area contributed by atoms with E-state index in [1.165, 1.54) is 263 Å². The van der Waals surface area contributed by atoms with Crippen molar-refractivity contribution in [3.05, 3.63) is 12.2 Å². The summed E-state index contributed by atoms with van der Waals surface area (Å²) in [5.74, 6) is -0.0575. The number of aliphatic hydroxyl groups excluding tert-OH is 2. The molecule has 3 N–H and O–H groups in total. The Bertz CT molecular complexity index is 970. The molecule has 0 aliphatic rings. The van der Waals surface area contributed by atoms with E-state index in [9.17, 15) is 19.8 Å². The molecule has 1 amide bonds. The summed E-state index contributed by atoms with van der Waals surface area (Å²) in [4.78, 5) is 24.5. The first-order valence-electron chi connectivity index (χ1n) is 29.5. The number of aliphatic hydroxyl groups is 2. The van der Waals surface area contributed by atoms with Crippen molar-refractivity contribution in [2.45, 2.75) is 341 Å². The van der Waals surface area contributed by atoms with E-state index in [2.05, 4.69) is 19.2 Å². The van der Waals surface area contributed by atoms with E-state index in [4.69, 9.17) is 4.74 Å². The van der Waals surface area contributed by atoms with Gasteiger partial charge in [-0.1, -0.05) is 296 Å². The number of carbonyl (C=O) groups is 2. The lowest BCUT2D eigenvalue weighted by Crippen LogP contribution is -2.45. The fourth-order valence-corrected chi connectivity index (χ4v) is 9.28. The molecule has 0 heterocycles. The Morgan fingerprint density at radius 2 is 0.708 bits per heavy atom. The Hall–Kier alpha value is -1.40. The molecule has 0 saturated carbocycles. The predicted molar refractivity (Wildman–Crippen MR) is 283 cm³/mol. The Morgan fingerprint density at radius 3 is 1.05 bits per heavy atom. The van der Waals surface area contributed by atoms with Gasteiger partial charge >= 0.3 is 5.97 Å². The second kappa shape index (κ2) is 55.2. The molecule has 386 valence electrons. The first-order valence-corrected chi connectivity index (χ1v) is 29.5. The number of carbonyl (C=O) groups excluding carboxylic acids is 2. The molecule has 0 aliphatic heterocycles. The van der Waals surface area contributed by atoms with Crippen molar-refractivity contribution in [2.24, 2.45) is 0 Å². The summed E-state index contributed by atoms with van der Waals surface area (Å²) in [5, 5.41) is 23.1. The largest absolute Gasteiger partial charge is 0.466 e. The molecular formula is C59H115NO5. The standard InChI is InChI=1S/C59H115NO5/c1-3-5-7-9-11-13-15-17-24-29-33-37-41-45-49-53-59(64)65-54-50-46-42-38-34-30-26-23-21-19-20-22-25-28-32-36-40-44-48-52-58(63)60-56(55-61)57(62)51-47-43-39-35-31-27-18-16-14-12-10-8-6-4-2/h47,51,56-57,61-62H,3-46,48-50,52-55H2,1-2H3,(H,60,63)/b51-47+. The van der Waals surface area contributed by atoms with Crippen LogP contribution in [0, 0.1) is 0 Å². The Balaban J connectivity index is 3.40. The van der Waals surface area contributed by atoms with Crippen molar-refractivity contribution in [2.75, 3.05) is 13.2 Å². The van der Waals surface area contributed by atoms with E-state index in [1.54, 1.807) is 6.08 Å². The lowest BCUT2D eigenvalue weighted by Gasteiger charge is -2.20. The molecule has 6 nitrogen and oxygen atoms in total. The predicted octanol–water partition coefficient (Wildman–Crippen LogP) is 18.1. The summed E-state index contributed by atoms with van der Waals surface area (Å²) in [6, 6.07) is -0.628. The van der Waals surface area contributed by atoms with Gasteiger partial charge in [0.2, 0.25) is 5.91 Å². The van der Waals surface area contributed by atoms with Crippen LogP contribution in [0.25, 0.3) is 0 Å². The molecule has 0 aromatic heterocycles. The van der Waals surface area contributed by atoms with Gasteiger partial charge in [-0.15, -0.1) is 0 Å². The van der Waals surface area contributed by atoms with E-state index < -0.39 is 12.1 Å². The third-order valence-electron chi connectivity index (χ3n) is 13.8. The lowest BCUT2D eigenvalue weighted by atomic mass is 10.0. The van der Waals surface area contributed by atoms with Crippen LogP contribution in [0.5, 0.6) is 0 Å². The molecule has 6 heteroatoms. The number of hydrogen-bond acceptors (Lipinski definition) is 5. The third kappa shape index (κ3) is 51.8. The van der Waals surface area contributed by atoms with Crippen LogP contribution in [0.4, 0.5) is 0 Å². The van der Waals surface area contributed by atoms with Crippen molar-refractivity contribution in [3.8, 4) is 0 Å². The quantitative estimate of drug-likeness (QED) is 0.0321. The minimum absolute atomic E-state index is 0.0117. The fourth-order valence-electron chi connectivity index (χ4n) is 9.28. The highest BCUT2D eigenvalue weighted by Crippen LogP contribution is 2.17. The molecule has 0 radical (unpaired) electrons. The maximum atomic E-state index is 12.4. The van der Waals surface area contributed by atoms with Crippen molar-refractivity contribution in [1.29, 1.82) is 0 Å². The zero-order valence-electron chi connectivity index (χ0n) is 44.0.